The smallest absolute Gasteiger partial charge is 0.202 e. The van der Waals surface area contributed by atoms with Gasteiger partial charge in [-0.1, -0.05) is 39.0 Å². The summed E-state index contributed by atoms with van der Waals surface area (Å²) in [5, 5.41) is 18.4. The predicted molar refractivity (Wildman–Crippen MR) is 66.4 cm³/mol. The van der Waals surface area contributed by atoms with E-state index in [9.17, 15) is 9.90 Å². The second kappa shape index (κ2) is 6.99. The summed E-state index contributed by atoms with van der Waals surface area (Å²) in [5.41, 5.74) is 0.191. The number of hydrogen-bond donors (Lipinski definition) is 3. The van der Waals surface area contributed by atoms with E-state index in [-0.39, 0.29) is 23.1 Å². The molecule has 4 heteroatoms. The summed E-state index contributed by atoms with van der Waals surface area (Å²) >= 11 is 0. The molecule has 0 unspecified atom stereocenters. The van der Waals surface area contributed by atoms with Crippen molar-refractivity contribution >= 4 is 5.78 Å². The lowest BCUT2D eigenvalue weighted by Gasteiger charge is -2.00. The van der Waals surface area contributed by atoms with Crippen LogP contribution in [-0.2, 0) is 0 Å². The number of aromatic nitrogens is 1. The van der Waals surface area contributed by atoms with E-state index in [1.165, 1.54) is 25.3 Å². The minimum atomic E-state index is -0.238. The summed E-state index contributed by atoms with van der Waals surface area (Å²) in [4.78, 5) is 14.0. The number of nitrogens with one attached hydrogen (secondary N) is 1. The molecule has 0 aliphatic rings. The summed E-state index contributed by atoms with van der Waals surface area (Å²) in [5.74, 6) is -0.526. The van der Waals surface area contributed by atoms with E-state index in [0.717, 1.165) is 19.3 Å². The van der Waals surface area contributed by atoms with Crippen LogP contribution in [0.5, 0.6) is 11.8 Å². The standard InChI is InChI=1S/C13H21NO3/c1-2-3-4-5-6-7-8-11(15)10-9-12(16)14-13(10)17/h9,14,16-17H,2-8H2,1H3. The molecule has 1 heterocycles. The van der Waals surface area contributed by atoms with E-state index in [1.54, 1.807) is 0 Å². The lowest BCUT2D eigenvalue weighted by Crippen LogP contribution is -1.97. The Kier molecular flexibility index (Phi) is 5.60. The minimum absolute atomic E-state index is 0.116. The van der Waals surface area contributed by atoms with Crippen LogP contribution in [0, 0.1) is 0 Å². The van der Waals surface area contributed by atoms with E-state index >= 15 is 0 Å². The van der Waals surface area contributed by atoms with E-state index < -0.39 is 0 Å². The Morgan fingerprint density at radius 1 is 1.18 bits per heavy atom. The Hall–Kier alpha value is -1.45. The fourth-order valence-corrected chi connectivity index (χ4v) is 1.84. The van der Waals surface area contributed by atoms with E-state index in [4.69, 9.17) is 5.11 Å². The molecular weight excluding hydrogens is 218 g/mol. The van der Waals surface area contributed by atoms with Gasteiger partial charge in [-0.15, -0.1) is 0 Å². The summed E-state index contributed by atoms with van der Waals surface area (Å²) in [6, 6.07) is 1.27. The predicted octanol–water partition coefficient (Wildman–Crippen LogP) is 3.36. The van der Waals surface area contributed by atoms with Crippen molar-refractivity contribution in [2.45, 2.75) is 51.9 Å². The number of ketones is 1. The largest absolute Gasteiger partial charge is 0.494 e. The van der Waals surface area contributed by atoms with Crippen LogP contribution in [0.2, 0.25) is 0 Å². The van der Waals surface area contributed by atoms with Crippen LogP contribution in [0.1, 0.15) is 62.2 Å². The Morgan fingerprint density at radius 3 is 2.41 bits per heavy atom. The van der Waals surface area contributed by atoms with Gasteiger partial charge in [-0.2, -0.15) is 0 Å². The molecule has 0 bridgehead atoms. The second-order valence-electron chi connectivity index (χ2n) is 4.36. The summed E-state index contributed by atoms with van der Waals surface area (Å²) in [7, 11) is 0. The van der Waals surface area contributed by atoms with Gasteiger partial charge in [0.1, 0.15) is 0 Å². The number of rotatable bonds is 8. The average molecular weight is 239 g/mol. The van der Waals surface area contributed by atoms with Crippen LogP contribution in [0.15, 0.2) is 6.07 Å². The maximum absolute atomic E-state index is 11.7. The highest BCUT2D eigenvalue weighted by Gasteiger charge is 2.14. The molecule has 0 saturated carbocycles. The van der Waals surface area contributed by atoms with Crippen molar-refractivity contribution in [3.05, 3.63) is 11.6 Å². The lowest BCUT2D eigenvalue weighted by atomic mass is 10.0. The van der Waals surface area contributed by atoms with Crippen LogP contribution in [0.4, 0.5) is 0 Å². The molecule has 4 nitrogen and oxygen atoms in total. The number of unbranched alkanes of at least 4 members (excludes halogenated alkanes) is 5. The van der Waals surface area contributed by atoms with E-state index in [0.29, 0.717) is 6.42 Å². The number of aromatic hydroxyl groups is 2. The highest BCUT2D eigenvalue weighted by atomic mass is 16.3. The molecule has 0 spiro atoms. The van der Waals surface area contributed by atoms with Gasteiger partial charge in [0.15, 0.2) is 11.7 Å². The van der Waals surface area contributed by atoms with Gasteiger partial charge in [0.05, 0.1) is 5.56 Å². The lowest BCUT2D eigenvalue weighted by molar-refractivity contribution is 0.0976. The third-order valence-corrected chi connectivity index (χ3v) is 2.84. The maximum atomic E-state index is 11.7. The molecule has 0 aliphatic carbocycles. The molecule has 1 aromatic rings. The van der Waals surface area contributed by atoms with Crippen molar-refractivity contribution in [2.24, 2.45) is 0 Å². The molecule has 17 heavy (non-hydrogen) atoms. The Labute approximate surface area is 102 Å². The van der Waals surface area contributed by atoms with Crippen molar-refractivity contribution in [1.29, 1.82) is 0 Å². The van der Waals surface area contributed by atoms with Gasteiger partial charge in [-0.3, -0.25) is 9.78 Å². The third kappa shape index (κ3) is 4.51. The molecule has 0 aromatic carbocycles. The number of carbonyl (C=O) groups excluding carboxylic acids is 1. The molecule has 1 aromatic heterocycles. The number of carbonyl (C=O) groups is 1. The number of hydrogen-bond acceptors (Lipinski definition) is 3. The molecular formula is C13H21NO3. The van der Waals surface area contributed by atoms with Crippen LogP contribution in [0.3, 0.4) is 0 Å². The topological polar surface area (TPSA) is 73.3 Å². The quantitative estimate of drug-likeness (QED) is 0.481. The minimum Gasteiger partial charge on any atom is -0.494 e. The second-order valence-corrected chi connectivity index (χ2v) is 4.36. The molecule has 0 amide bonds. The average Bonchev–Trinajstić information content (AvgIpc) is 2.62. The first-order valence-corrected chi connectivity index (χ1v) is 6.29. The third-order valence-electron chi connectivity index (χ3n) is 2.84. The van der Waals surface area contributed by atoms with Crippen LogP contribution < -0.4 is 0 Å². The van der Waals surface area contributed by atoms with Crippen molar-refractivity contribution in [3.8, 4) is 11.8 Å². The van der Waals surface area contributed by atoms with Crippen molar-refractivity contribution in [1.82, 2.24) is 4.98 Å². The zero-order chi connectivity index (χ0) is 12.7. The highest BCUT2D eigenvalue weighted by molar-refractivity contribution is 5.98. The monoisotopic (exact) mass is 239 g/mol. The van der Waals surface area contributed by atoms with Gasteiger partial charge in [0.2, 0.25) is 5.88 Å². The zero-order valence-electron chi connectivity index (χ0n) is 10.3. The zero-order valence-corrected chi connectivity index (χ0v) is 10.3. The molecule has 0 fully saturated rings. The molecule has 0 atom stereocenters. The summed E-state index contributed by atoms with van der Waals surface area (Å²) in [6.45, 7) is 2.17. The van der Waals surface area contributed by atoms with Gasteiger partial charge in [-0.05, 0) is 6.42 Å². The Bertz CT molecular complexity index is 358. The van der Waals surface area contributed by atoms with Gasteiger partial charge in [0, 0.05) is 12.5 Å². The molecule has 1 rings (SSSR count). The molecule has 0 radical (unpaired) electrons. The normalized spacial score (nSPS) is 10.6. The highest BCUT2D eigenvalue weighted by Crippen LogP contribution is 2.23. The first-order chi connectivity index (χ1) is 8.15. The number of aromatic amines is 1. The summed E-state index contributed by atoms with van der Waals surface area (Å²) in [6.07, 6.45) is 7.16. The summed E-state index contributed by atoms with van der Waals surface area (Å²) < 4.78 is 0. The van der Waals surface area contributed by atoms with Gasteiger partial charge >= 0.3 is 0 Å². The van der Waals surface area contributed by atoms with Crippen LogP contribution in [-0.4, -0.2) is 21.0 Å². The Morgan fingerprint density at radius 2 is 1.82 bits per heavy atom. The first-order valence-electron chi connectivity index (χ1n) is 6.29. The molecule has 96 valence electrons. The van der Waals surface area contributed by atoms with Crippen molar-refractivity contribution in [2.75, 3.05) is 0 Å². The van der Waals surface area contributed by atoms with Gasteiger partial charge < -0.3 is 10.2 Å². The Balaban J connectivity index is 2.23. The van der Waals surface area contributed by atoms with Crippen LogP contribution in [0.25, 0.3) is 0 Å². The van der Waals surface area contributed by atoms with E-state index in [2.05, 4.69) is 11.9 Å². The fraction of sp³-hybridized carbons (Fsp3) is 0.615. The van der Waals surface area contributed by atoms with Crippen LogP contribution >= 0.6 is 0 Å². The maximum Gasteiger partial charge on any atom is 0.202 e. The van der Waals surface area contributed by atoms with E-state index in [1.807, 2.05) is 0 Å². The first kappa shape index (κ1) is 13.6. The SMILES string of the molecule is CCCCCCCCC(=O)c1cc(O)[nH]c1O. The number of Topliss-reactive ketones (excluding diaryl/α,β-unsaturated/α-hetero) is 1. The van der Waals surface area contributed by atoms with Gasteiger partial charge in [-0.25, -0.2) is 0 Å². The van der Waals surface area contributed by atoms with Gasteiger partial charge in [0.25, 0.3) is 0 Å². The molecule has 0 saturated heterocycles. The molecule has 3 N–H and O–H groups in total. The van der Waals surface area contributed by atoms with Crippen molar-refractivity contribution in [3.63, 3.8) is 0 Å². The van der Waals surface area contributed by atoms with Crippen molar-refractivity contribution < 1.29 is 15.0 Å². The fourth-order valence-electron chi connectivity index (χ4n) is 1.84. The molecule has 0 aliphatic heterocycles. The number of H-pyrrole nitrogens is 1.